The van der Waals surface area contributed by atoms with Gasteiger partial charge in [-0.25, -0.2) is 0 Å². The van der Waals surface area contributed by atoms with Gasteiger partial charge in [0.1, 0.15) is 0 Å². The molecular weight excluding hydrogens is 224 g/mol. The van der Waals surface area contributed by atoms with E-state index in [2.05, 4.69) is 27.7 Å². The predicted molar refractivity (Wildman–Crippen MR) is 78.3 cm³/mol. The van der Waals surface area contributed by atoms with Crippen molar-refractivity contribution in [1.82, 2.24) is 4.90 Å². The Bertz CT molecular complexity index is 283. The summed E-state index contributed by atoms with van der Waals surface area (Å²) in [6.07, 6.45) is 4.80. The second kappa shape index (κ2) is 6.93. The standard InChI is InChI=1S/C15H30N2O/c1-11(2)17(12(3)4)14(18)15(6,7)10-8-9-13(5)16/h8,10-13H,9,16H2,1-7H3/b10-8-. The highest BCUT2D eigenvalue weighted by atomic mass is 16.2. The van der Waals surface area contributed by atoms with E-state index >= 15 is 0 Å². The Morgan fingerprint density at radius 1 is 1.17 bits per heavy atom. The van der Waals surface area contributed by atoms with Crippen LogP contribution in [0, 0.1) is 5.41 Å². The Kier molecular flexibility index (Phi) is 6.61. The molecule has 0 aliphatic rings. The third-order valence-electron chi connectivity index (χ3n) is 2.94. The quantitative estimate of drug-likeness (QED) is 0.741. The molecule has 0 aromatic heterocycles. The number of nitrogens with two attached hydrogens (primary N) is 1. The Morgan fingerprint density at radius 2 is 1.61 bits per heavy atom. The van der Waals surface area contributed by atoms with Crippen LogP contribution >= 0.6 is 0 Å². The molecule has 0 aliphatic heterocycles. The van der Waals surface area contributed by atoms with E-state index in [1.807, 2.05) is 37.8 Å². The molecular formula is C15H30N2O. The lowest BCUT2D eigenvalue weighted by molar-refractivity contribution is -0.141. The second-order valence-electron chi connectivity index (χ2n) is 6.24. The van der Waals surface area contributed by atoms with Crippen LogP contribution in [0.2, 0.25) is 0 Å². The van der Waals surface area contributed by atoms with Gasteiger partial charge in [0.25, 0.3) is 0 Å². The van der Waals surface area contributed by atoms with Crippen molar-refractivity contribution < 1.29 is 4.79 Å². The molecule has 0 heterocycles. The van der Waals surface area contributed by atoms with Crippen LogP contribution in [0.5, 0.6) is 0 Å². The second-order valence-corrected chi connectivity index (χ2v) is 6.24. The zero-order valence-corrected chi connectivity index (χ0v) is 13.0. The summed E-state index contributed by atoms with van der Waals surface area (Å²) in [4.78, 5) is 14.5. The van der Waals surface area contributed by atoms with E-state index in [0.29, 0.717) is 0 Å². The van der Waals surface area contributed by atoms with Gasteiger partial charge in [-0.2, -0.15) is 0 Å². The van der Waals surface area contributed by atoms with E-state index in [4.69, 9.17) is 5.73 Å². The number of carbonyl (C=O) groups excluding carboxylic acids is 1. The molecule has 0 rings (SSSR count). The summed E-state index contributed by atoms with van der Waals surface area (Å²) >= 11 is 0. The average Bonchev–Trinajstić information content (AvgIpc) is 2.14. The molecule has 0 radical (unpaired) electrons. The minimum Gasteiger partial charge on any atom is -0.337 e. The maximum atomic E-state index is 12.6. The average molecular weight is 254 g/mol. The first-order valence-corrected chi connectivity index (χ1v) is 6.85. The van der Waals surface area contributed by atoms with Crippen molar-refractivity contribution in [3.05, 3.63) is 12.2 Å². The van der Waals surface area contributed by atoms with Crippen molar-refractivity contribution in [2.24, 2.45) is 11.1 Å². The summed E-state index contributed by atoms with van der Waals surface area (Å²) in [5.41, 5.74) is 5.24. The van der Waals surface area contributed by atoms with E-state index in [9.17, 15) is 4.79 Å². The zero-order chi connectivity index (χ0) is 14.5. The minimum absolute atomic E-state index is 0.137. The smallest absolute Gasteiger partial charge is 0.232 e. The number of carbonyl (C=O) groups is 1. The van der Waals surface area contributed by atoms with Crippen LogP contribution in [0.15, 0.2) is 12.2 Å². The monoisotopic (exact) mass is 254 g/mol. The van der Waals surface area contributed by atoms with Crippen molar-refractivity contribution in [3.63, 3.8) is 0 Å². The van der Waals surface area contributed by atoms with E-state index in [1.54, 1.807) is 0 Å². The molecule has 0 aromatic rings. The van der Waals surface area contributed by atoms with E-state index in [-0.39, 0.29) is 24.0 Å². The number of hydrogen-bond donors (Lipinski definition) is 1. The fourth-order valence-corrected chi connectivity index (χ4v) is 2.05. The summed E-state index contributed by atoms with van der Waals surface area (Å²) in [6, 6.07) is 0.579. The summed E-state index contributed by atoms with van der Waals surface area (Å²) in [5.74, 6) is 0.174. The van der Waals surface area contributed by atoms with Crippen molar-refractivity contribution in [2.75, 3.05) is 0 Å². The normalized spacial score (nSPS) is 14.6. The van der Waals surface area contributed by atoms with Crippen LogP contribution in [0.3, 0.4) is 0 Å². The molecule has 3 nitrogen and oxygen atoms in total. The molecule has 3 heteroatoms. The highest BCUT2D eigenvalue weighted by Gasteiger charge is 2.32. The molecule has 0 saturated heterocycles. The van der Waals surface area contributed by atoms with Crippen LogP contribution in [0.25, 0.3) is 0 Å². The first-order valence-electron chi connectivity index (χ1n) is 6.85. The minimum atomic E-state index is -0.469. The molecule has 2 N–H and O–H groups in total. The molecule has 106 valence electrons. The van der Waals surface area contributed by atoms with Crippen molar-refractivity contribution in [2.45, 2.75) is 73.0 Å². The van der Waals surface area contributed by atoms with E-state index in [0.717, 1.165) is 6.42 Å². The van der Waals surface area contributed by atoms with Crippen LogP contribution < -0.4 is 5.73 Å². The lowest BCUT2D eigenvalue weighted by atomic mass is 9.89. The summed E-state index contributed by atoms with van der Waals surface area (Å²) < 4.78 is 0. The SMILES string of the molecule is CC(N)C/C=C\C(C)(C)C(=O)N(C(C)C)C(C)C. The molecule has 0 aromatic carbocycles. The van der Waals surface area contributed by atoms with Gasteiger partial charge in [-0.1, -0.05) is 12.2 Å². The van der Waals surface area contributed by atoms with Crippen LogP contribution in [-0.4, -0.2) is 28.9 Å². The fraction of sp³-hybridized carbons (Fsp3) is 0.800. The Hall–Kier alpha value is -0.830. The zero-order valence-electron chi connectivity index (χ0n) is 13.0. The maximum Gasteiger partial charge on any atom is 0.232 e. The van der Waals surface area contributed by atoms with Gasteiger partial charge in [0.15, 0.2) is 0 Å². The van der Waals surface area contributed by atoms with Crippen LogP contribution in [0.1, 0.15) is 54.9 Å². The largest absolute Gasteiger partial charge is 0.337 e. The van der Waals surface area contributed by atoms with Gasteiger partial charge in [-0.05, 0) is 54.9 Å². The third-order valence-corrected chi connectivity index (χ3v) is 2.94. The summed E-state index contributed by atoms with van der Waals surface area (Å²) in [6.45, 7) is 14.1. The molecule has 0 spiro atoms. The molecule has 0 fully saturated rings. The topological polar surface area (TPSA) is 46.3 Å². The molecule has 18 heavy (non-hydrogen) atoms. The molecule has 0 saturated carbocycles. The van der Waals surface area contributed by atoms with Gasteiger partial charge < -0.3 is 10.6 Å². The van der Waals surface area contributed by atoms with Crippen LogP contribution in [0.4, 0.5) is 0 Å². The van der Waals surface area contributed by atoms with Crippen molar-refractivity contribution in [3.8, 4) is 0 Å². The lowest BCUT2D eigenvalue weighted by Gasteiger charge is -2.36. The van der Waals surface area contributed by atoms with E-state index in [1.165, 1.54) is 0 Å². The summed E-state index contributed by atoms with van der Waals surface area (Å²) in [5, 5.41) is 0. The van der Waals surface area contributed by atoms with Gasteiger partial charge in [-0.3, -0.25) is 4.79 Å². The Morgan fingerprint density at radius 3 is 1.94 bits per heavy atom. The highest BCUT2D eigenvalue weighted by molar-refractivity contribution is 5.84. The molecule has 1 atom stereocenters. The fourth-order valence-electron chi connectivity index (χ4n) is 2.05. The Balaban J connectivity index is 4.87. The van der Waals surface area contributed by atoms with Gasteiger partial charge >= 0.3 is 0 Å². The number of hydrogen-bond acceptors (Lipinski definition) is 2. The van der Waals surface area contributed by atoms with Gasteiger partial charge in [-0.15, -0.1) is 0 Å². The predicted octanol–water partition coefficient (Wildman–Crippen LogP) is 2.95. The van der Waals surface area contributed by atoms with Gasteiger partial charge in [0.2, 0.25) is 5.91 Å². The highest BCUT2D eigenvalue weighted by Crippen LogP contribution is 2.24. The van der Waals surface area contributed by atoms with Gasteiger partial charge in [0, 0.05) is 18.1 Å². The van der Waals surface area contributed by atoms with E-state index < -0.39 is 5.41 Å². The van der Waals surface area contributed by atoms with Crippen molar-refractivity contribution in [1.29, 1.82) is 0 Å². The molecule has 0 bridgehead atoms. The number of rotatable bonds is 6. The first kappa shape index (κ1) is 17.2. The first-order chi connectivity index (χ1) is 8.09. The third kappa shape index (κ3) is 5.21. The summed E-state index contributed by atoms with van der Waals surface area (Å²) in [7, 11) is 0. The molecule has 1 amide bonds. The van der Waals surface area contributed by atoms with Gasteiger partial charge in [0.05, 0.1) is 5.41 Å². The number of nitrogens with zero attached hydrogens (tertiary/aromatic N) is 1. The number of amides is 1. The van der Waals surface area contributed by atoms with Crippen LogP contribution in [-0.2, 0) is 4.79 Å². The molecule has 0 aliphatic carbocycles. The Labute approximate surface area is 112 Å². The van der Waals surface area contributed by atoms with Crippen molar-refractivity contribution >= 4 is 5.91 Å². The lowest BCUT2D eigenvalue weighted by Crippen LogP contribution is -2.47. The molecule has 1 unspecified atom stereocenters. The maximum absolute atomic E-state index is 12.6.